The van der Waals surface area contributed by atoms with Crippen LogP contribution in [0.5, 0.6) is 0 Å². The number of rotatable bonds is 1. The fraction of sp³-hybridized carbons (Fsp3) is 0.571. The van der Waals surface area contributed by atoms with E-state index in [9.17, 15) is 13.2 Å². The normalized spacial score (nSPS) is 23.5. The van der Waals surface area contributed by atoms with Gasteiger partial charge in [0.15, 0.2) is 0 Å². The summed E-state index contributed by atoms with van der Waals surface area (Å²) in [5, 5.41) is 2.60. The van der Waals surface area contributed by atoms with Crippen molar-refractivity contribution in [1.29, 1.82) is 0 Å². The van der Waals surface area contributed by atoms with Gasteiger partial charge in [-0.15, -0.1) is 0 Å². The quantitative estimate of drug-likeness (QED) is 0.652. The number of hydrogen-bond acceptors (Lipinski definition) is 3. The Bertz CT molecular complexity index is 254. The Kier molecular flexibility index (Phi) is 2.49. The van der Waals surface area contributed by atoms with Crippen molar-refractivity contribution in [2.75, 3.05) is 7.05 Å². The topological polar surface area (TPSA) is 50.4 Å². The average Bonchev–Trinajstić information content (AvgIpc) is 2.03. The molecule has 13 heavy (non-hydrogen) atoms. The lowest BCUT2D eigenvalue weighted by Gasteiger charge is -2.21. The van der Waals surface area contributed by atoms with E-state index in [1.54, 1.807) is 0 Å². The molecule has 0 aromatic rings. The summed E-state index contributed by atoms with van der Waals surface area (Å²) in [7, 11) is 1.52. The second-order valence-electron chi connectivity index (χ2n) is 2.74. The fourth-order valence-electron chi connectivity index (χ4n) is 1.06. The van der Waals surface area contributed by atoms with E-state index in [0.29, 0.717) is 5.70 Å². The minimum absolute atomic E-state index is 0.128. The number of nitrogens with one attached hydrogen (secondary N) is 1. The summed E-state index contributed by atoms with van der Waals surface area (Å²) in [4.78, 5) is 3.48. The van der Waals surface area contributed by atoms with E-state index >= 15 is 0 Å². The number of alkyl halides is 3. The van der Waals surface area contributed by atoms with Crippen molar-refractivity contribution in [1.82, 2.24) is 5.32 Å². The van der Waals surface area contributed by atoms with Gasteiger partial charge < -0.3 is 11.1 Å². The predicted octanol–water partition coefficient (Wildman–Crippen LogP) is 0.987. The maximum absolute atomic E-state index is 12.2. The van der Waals surface area contributed by atoms with E-state index in [1.165, 1.54) is 7.05 Å². The fourth-order valence-corrected chi connectivity index (χ4v) is 1.06. The molecule has 0 fully saturated rings. The number of allylic oxidation sites excluding steroid dienone is 1. The van der Waals surface area contributed by atoms with Gasteiger partial charge in [-0.05, 0) is 0 Å². The van der Waals surface area contributed by atoms with E-state index in [1.807, 2.05) is 0 Å². The molecule has 1 rings (SSSR count). The van der Waals surface area contributed by atoms with E-state index in [0.717, 1.165) is 6.21 Å². The number of nitrogens with zero attached hydrogens (tertiary/aromatic N) is 1. The van der Waals surface area contributed by atoms with Gasteiger partial charge in [0.2, 0.25) is 0 Å². The monoisotopic (exact) mass is 193 g/mol. The van der Waals surface area contributed by atoms with Gasteiger partial charge in [-0.3, -0.25) is 0 Å². The van der Waals surface area contributed by atoms with Gasteiger partial charge >= 0.3 is 6.18 Å². The highest BCUT2D eigenvalue weighted by Crippen LogP contribution is 2.31. The largest absolute Gasteiger partial charge is 0.397 e. The number of aliphatic imine (C=N–C) groups is 1. The van der Waals surface area contributed by atoms with Crippen LogP contribution in [0, 0.1) is 5.92 Å². The molecule has 0 amide bonds. The molecular weight excluding hydrogens is 183 g/mol. The SMILES string of the molecule is CNC1=C(N)N=CC(C(F)(F)F)C1. The van der Waals surface area contributed by atoms with Crippen LogP contribution in [0.15, 0.2) is 16.5 Å². The number of nitrogens with two attached hydrogens (primary N) is 1. The molecule has 3 nitrogen and oxygen atoms in total. The first-order chi connectivity index (χ1) is 5.95. The van der Waals surface area contributed by atoms with Crippen LogP contribution in [-0.4, -0.2) is 19.4 Å². The minimum atomic E-state index is -4.24. The molecule has 0 radical (unpaired) electrons. The zero-order valence-corrected chi connectivity index (χ0v) is 7.02. The van der Waals surface area contributed by atoms with Crippen molar-refractivity contribution in [3.63, 3.8) is 0 Å². The van der Waals surface area contributed by atoms with Gasteiger partial charge in [0.05, 0.1) is 11.6 Å². The predicted molar refractivity (Wildman–Crippen MR) is 42.9 cm³/mol. The lowest BCUT2D eigenvalue weighted by atomic mass is 10.0. The molecule has 6 heteroatoms. The van der Waals surface area contributed by atoms with Gasteiger partial charge in [0, 0.05) is 19.7 Å². The maximum atomic E-state index is 12.2. The summed E-state index contributed by atoms with van der Waals surface area (Å²) >= 11 is 0. The third kappa shape index (κ3) is 2.13. The lowest BCUT2D eigenvalue weighted by Crippen LogP contribution is -2.30. The molecule has 0 bridgehead atoms. The summed E-state index contributed by atoms with van der Waals surface area (Å²) in [5.41, 5.74) is 5.68. The molecule has 0 spiro atoms. The Morgan fingerprint density at radius 1 is 1.62 bits per heavy atom. The minimum Gasteiger partial charge on any atom is -0.388 e. The Hall–Kier alpha value is -1.20. The molecule has 0 aliphatic carbocycles. The van der Waals surface area contributed by atoms with Crippen LogP contribution in [0.25, 0.3) is 0 Å². The van der Waals surface area contributed by atoms with Crippen molar-refractivity contribution in [2.45, 2.75) is 12.6 Å². The van der Waals surface area contributed by atoms with Gasteiger partial charge in [0.25, 0.3) is 0 Å². The van der Waals surface area contributed by atoms with Gasteiger partial charge in [-0.2, -0.15) is 13.2 Å². The molecule has 74 valence electrons. The first kappa shape index (κ1) is 9.88. The van der Waals surface area contributed by atoms with E-state index in [-0.39, 0.29) is 12.2 Å². The second-order valence-corrected chi connectivity index (χ2v) is 2.74. The molecule has 1 aliphatic rings. The van der Waals surface area contributed by atoms with E-state index < -0.39 is 12.1 Å². The van der Waals surface area contributed by atoms with Crippen LogP contribution in [0.4, 0.5) is 13.2 Å². The van der Waals surface area contributed by atoms with Crippen molar-refractivity contribution in [2.24, 2.45) is 16.6 Å². The molecule has 0 aromatic heterocycles. The molecule has 1 aliphatic heterocycles. The van der Waals surface area contributed by atoms with E-state index in [4.69, 9.17) is 5.73 Å². The number of halogens is 3. The lowest BCUT2D eigenvalue weighted by molar-refractivity contribution is -0.154. The van der Waals surface area contributed by atoms with Crippen molar-refractivity contribution in [3.05, 3.63) is 11.5 Å². The highest BCUT2D eigenvalue weighted by Gasteiger charge is 2.40. The molecule has 0 saturated carbocycles. The van der Waals surface area contributed by atoms with Crippen molar-refractivity contribution in [3.8, 4) is 0 Å². The highest BCUT2D eigenvalue weighted by atomic mass is 19.4. The standard InChI is InChI=1S/C7H10F3N3/c1-12-5-2-4(7(8,9)10)3-13-6(5)11/h3-4,12H,2,11H2,1H3. The molecule has 1 heterocycles. The van der Waals surface area contributed by atoms with E-state index in [2.05, 4.69) is 10.3 Å². The zero-order chi connectivity index (χ0) is 10.1. The van der Waals surface area contributed by atoms with Crippen LogP contribution in [0.1, 0.15) is 6.42 Å². The summed E-state index contributed by atoms with van der Waals surface area (Å²) in [5.74, 6) is -1.40. The van der Waals surface area contributed by atoms with Crippen molar-refractivity contribution < 1.29 is 13.2 Å². The third-order valence-corrected chi connectivity index (χ3v) is 1.85. The van der Waals surface area contributed by atoms with Crippen LogP contribution in [-0.2, 0) is 0 Å². The summed E-state index contributed by atoms with van der Waals surface area (Å²) in [6, 6.07) is 0. The van der Waals surface area contributed by atoms with Gasteiger partial charge in [-0.25, -0.2) is 4.99 Å². The maximum Gasteiger partial charge on any atom is 0.397 e. The molecule has 0 saturated heterocycles. The highest BCUT2D eigenvalue weighted by molar-refractivity contribution is 5.65. The smallest absolute Gasteiger partial charge is 0.388 e. The molecule has 3 N–H and O–H groups in total. The number of hydrogen-bond donors (Lipinski definition) is 2. The first-order valence-electron chi connectivity index (χ1n) is 3.72. The Labute approximate surface area is 73.5 Å². The Balaban J connectivity index is 2.78. The Morgan fingerprint density at radius 3 is 2.69 bits per heavy atom. The van der Waals surface area contributed by atoms with Crippen LogP contribution in [0.2, 0.25) is 0 Å². The summed E-state index contributed by atoms with van der Waals surface area (Å²) in [6.45, 7) is 0. The van der Waals surface area contributed by atoms with Crippen LogP contribution >= 0.6 is 0 Å². The van der Waals surface area contributed by atoms with Crippen molar-refractivity contribution >= 4 is 6.21 Å². The second kappa shape index (κ2) is 3.27. The molecular formula is C7H10F3N3. The first-order valence-corrected chi connectivity index (χ1v) is 3.72. The molecule has 1 atom stereocenters. The van der Waals surface area contributed by atoms with Gasteiger partial charge in [0.1, 0.15) is 5.82 Å². The zero-order valence-electron chi connectivity index (χ0n) is 7.02. The van der Waals surface area contributed by atoms with Crippen LogP contribution in [0.3, 0.4) is 0 Å². The molecule has 1 unspecified atom stereocenters. The summed E-state index contributed by atoms with van der Waals surface area (Å²) < 4.78 is 36.6. The van der Waals surface area contributed by atoms with Gasteiger partial charge in [-0.1, -0.05) is 0 Å². The molecule has 0 aromatic carbocycles. The Morgan fingerprint density at radius 2 is 2.23 bits per heavy atom. The third-order valence-electron chi connectivity index (χ3n) is 1.85. The van der Waals surface area contributed by atoms with Crippen LogP contribution < -0.4 is 11.1 Å². The average molecular weight is 193 g/mol. The summed E-state index contributed by atoms with van der Waals surface area (Å²) in [6.07, 6.45) is -3.56.